The molecule has 0 aliphatic rings. The Morgan fingerprint density at radius 3 is 2.67 bits per heavy atom. The molecule has 1 aromatic carbocycles. The summed E-state index contributed by atoms with van der Waals surface area (Å²) in [5, 5.41) is 0. The smallest absolute Gasteiger partial charge is 0.137 e. The second-order valence-electron chi connectivity index (χ2n) is 2.45. The molecular formula is C10H9BrO. The standard InChI is InChI=1S/C10H9BrO/c1-4-8-6-9(11)5-7(2)10(8)12-3/h1,5-6H,2-3H3. The van der Waals surface area contributed by atoms with Crippen LogP contribution in [-0.2, 0) is 0 Å². The van der Waals surface area contributed by atoms with Crippen molar-refractivity contribution in [1.29, 1.82) is 0 Å². The van der Waals surface area contributed by atoms with Crippen molar-refractivity contribution in [3.63, 3.8) is 0 Å². The first-order chi connectivity index (χ1) is 5.69. The molecule has 0 radical (unpaired) electrons. The first-order valence-electron chi connectivity index (χ1n) is 3.49. The third-order valence-corrected chi connectivity index (χ3v) is 2.06. The normalized spacial score (nSPS) is 9.17. The predicted octanol–water partition coefficient (Wildman–Crippen LogP) is 2.75. The van der Waals surface area contributed by atoms with Gasteiger partial charge in [0.05, 0.1) is 12.7 Å². The molecule has 0 N–H and O–H groups in total. The summed E-state index contributed by atoms with van der Waals surface area (Å²) in [6, 6.07) is 3.84. The number of hydrogen-bond acceptors (Lipinski definition) is 1. The highest BCUT2D eigenvalue weighted by atomic mass is 79.9. The van der Waals surface area contributed by atoms with Crippen LogP contribution < -0.4 is 4.74 Å². The highest BCUT2D eigenvalue weighted by Crippen LogP contribution is 2.26. The Bertz CT molecular complexity index is 336. The highest BCUT2D eigenvalue weighted by Gasteiger charge is 2.04. The molecule has 0 aliphatic heterocycles. The Kier molecular flexibility index (Phi) is 2.78. The molecule has 0 saturated heterocycles. The van der Waals surface area contributed by atoms with Gasteiger partial charge in [-0.15, -0.1) is 6.42 Å². The van der Waals surface area contributed by atoms with Gasteiger partial charge in [0.1, 0.15) is 5.75 Å². The van der Waals surface area contributed by atoms with Crippen LogP contribution in [-0.4, -0.2) is 7.11 Å². The van der Waals surface area contributed by atoms with Gasteiger partial charge in [-0.25, -0.2) is 0 Å². The van der Waals surface area contributed by atoms with E-state index in [9.17, 15) is 0 Å². The summed E-state index contributed by atoms with van der Waals surface area (Å²) >= 11 is 3.37. The largest absolute Gasteiger partial charge is 0.495 e. The molecule has 1 nitrogen and oxygen atoms in total. The lowest BCUT2D eigenvalue weighted by atomic mass is 10.1. The maximum atomic E-state index is 5.31. The molecule has 0 unspecified atom stereocenters. The summed E-state index contributed by atoms with van der Waals surface area (Å²) in [5.41, 5.74) is 1.82. The minimum absolute atomic E-state index is 0.778. The number of hydrogen-bond donors (Lipinski definition) is 0. The number of terminal acetylenes is 1. The van der Waals surface area contributed by atoms with Gasteiger partial charge in [-0.05, 0) is 24.6 Å². The van der Waals surface area contributed by atoms with Gasteiger partial charge < -0.3 is 4.74 Å². The molecule has 0 spiro atoms. The lowest BCUT2D eigenvalue weighted by Crippen LogP contribution is -1.91. The molecule has 1 aromatic rings. The predicted molar refractivity (Wildman–Crippen MR) is 53.4 cm³/mol. The number of rotatable bonds is 1. The Morgan fingerprint density at radius 1 is 1.50 bits per heavy atom. The van der Waals surface area contributed by atoms with E-state index in [-0.39, 0.29) is 0 Å². The molecular weight excluding hydrogens is 216 g/mol. The van der Waals surface area contributed by atoms with Crippen molar-refractivity contribution < 1.29 is 4.74 Å². The molecule has 0 aliphatic carbocycles. The van der Waals surface area contributed by atoms with Gasteiger partial charge in [-0.2, -0.15) is 0 Å². The van der Waals surface area contributed by atoms with Crippen molar-refractivity contribution >= 4 is 15.9 Å². The van der Waals surface area contributed by atoms with E-state index in [4.69, 9.17) is 11.2 Å². The van der Waals surface area contributed by atoms with Crippen LogP contribution in [0.2, 0.25) is 0 Å². The van der Waals surface area contributed by atoms with Gasteiger partial charge in [-0.3, -0.25) is 0 Å². The van der Waals surface area contributed by atoms with E-state index in [0.29, 0.717) is 0 Å². The van der Waals surface area contributed by atoms with Gasteiger partial charge in [0.25, 0.3) is 0 Å². The van der Waals surface area contributed by atoms with Crippen LogP contribution in [0.5, 0.6) is 5.75 Å². The lowest BCUT2D eigenvalue weighted by molar-refractivity contribution is 0.410. The number of methoxy groups -OCH3 is 1. The Morgan fingerprint density at radius 2 is 2.17 bits per heavy atom. The number of halogens is 1. The molecule has 12 heavy (non-hydrogen) atoms. The summed E-state index contributed by atoms with van der Waals surface area (Å²) < 4.78 is 6.14. The molecule has 0 saturated carbocycles. The van der Waals surface area contributed by atoms with E-state index in [1.165, 1.54) is 0 Å². The quantitative estimate of drug-likeness (QED) is 0.667. The highest BCUT2D eigenvalue weighted by molar-refractivity contribution is 9.10. The first kappa shape index (κ1) is 9.15. The third-order valence-electron chi connectivity index (χ3n) is 1.60. The van der Waals surface area contributed by atoms with Crippen LogP contribution in [0.1, 0.15) is 11.1 Å². The van der Waals surface area contributed by atoms with E-state index >= 15 is 0 Å². The molecule has 62 valence electrons. The van der Waals surface area contributed by atoms with E-state index in [1.54, 1.807) is 7.11 Å². The molecule has 0 aromatic heterocycles. The summed E-state index contributed by atoms with van der Waals surface area (Å²) in [6.45, 7) is 1.96. The van der Waals surface area contributed by atoms with Crippen LogP contribution in [0.15, 0.2) is 16.6 Å². The van der Waals surface area contributed by atoms with Gasteiger partial charge in [-0.1, -0.05) is 21.9 Å². The number of ether oxygens (including phenoxy) is 1. The van der Waals surface area contributed by atoms with Crippen molar-refractivity contribution in [2.24, 2.45) is 0 Å². The fraction of sp³-hybridized carbons (Fsp3) is 0.200. The fourth-order valence-corrected chi connectivity index (χ4v) is 1.68. The molecule has 1 rings (SSSR count). The second-order valence-corrected chi connectivity index (χ2v) is 3.36. The average Bonchev–Trinajstić information content (AvgIpc) is 2.03. The van der Waals surface area contributed by atoms with Crippen LogP contribution in [0.25, 0.3) is 0 Å². The zero-order valence-corrected chi connectivity index (χ0v) is 8.60. The monoisotopic (exact) mass is 224 g/mol. The van der Waals surface area contributed by atoms with Crippen LogP contribution in [0.3, 0.4) is 0 Å². The minimum atomic E-state index is 0.778. The molecule has 0 bridgehead atoms. The van der Waals surface area contributed by atoms with Crippen LogP contribution >= 0.6 is 15.9 Å². The van der Waals surface area contributed by atoms with Gasteiger partial charge in [0.15, 0.2) is 0 Å². The SMILES string of the molecule is C#Cc1cc(Br)cc(C)c1OC. The number of aryl methyl sites for hydroxylation is 1. The van der Waals surface area contributed by atoms with Gasteiger partial charge >= 0.3 is 0 Å². The molecule has 0 heterocycles. The summed E-state index contributed by atoms with van der Waals surface area (Å²) in [7, 11) is 1.62. The van der Waals surface area contributed by atoms with E-state index < -0.39 is 0 Å². The summed E-state index contributed by atoms with van der Waals surface area (Å²) in [5.74, 6) is 3.35. The van der Waals surface area contributed by atoms with Crippen molar-refractivity contribution in [3.8, 4) is 18.1 Å². The van der Waals surface area contributed by atoms with Gasteiger partial charge in [0.2, 0.25) is 0 Å². The summed E-state index contributed by atoms with van der Waals surface area (Å²) in [4.78, 5) is 0. The third kappa shape index (κ3) is 1.62. The molecule has 2 heteroatoms. The van der Waals surface area contributed by atoms with E-state index in [0.717, 1.165) is 21.3 Å². The lowest BCUT2D eigenvalue weighted by Gasteiger charge is -2.07. The number of benzene rings is 1. The Balaban J connectivity index is 3.36. The maximum Gasteiger partial charge on any atom is 0.137 e. The van der Waals surface area contributed by atoms with Crippen molar-refractivity contribution in [1.82, 2.24) is 0 Å². The van der Waals surface area contributed by atoms with Crippen LogP contribution in [0.4, 0.5) is 0 Å². The van der Waals surface area contributed by atoms with Crippen LogP contribution in [0, 0.1) is 19.3 Å². The molecule has 0 fully saturated rings. The molecule has 0 amide bonds. The maximum absolute atomic E-state index is 5.31. The Labute approximate surface area is 80.9 Å². The first-order valence-corrected chi connectivity index (χ1v) is 4.29. The van der Waals surface area contributed by atoms with Crippen molar-refractivity contribution in [3.05, 3.63) is 27.7 Å². The zero-order valence-electron chi connectivity index (χ0n) is 7.02. The topological polar surface area (TPSA) is 9.23 Å². The van der Waals surface area contributed by atoms with Crippen molar-refractivity contribution in [2.45, 2.75) is 6.92 Å². The minimum Gasteiger partial charge on any atom is -0.495 e. The van der Waals surface area contributed by atoms with Gasteiger partial charge in [0, 0.05) is 4.47 Å². The summed E-state index contributed by atoms with van der Waals surface area (Å²) in [6.07, 6.45) is 5.31. The molecule has 0 atom stereocenters. The van der Waals surface area contributed by atoms with E-state index in [2.05, 4.69) is 21.9 Å². The van der Waals surface area contributed by atoms with E-state index in [1.807, 2.05) is 19.1 Å². The van der Waals surface area contributed by atoms with Crippen molar-refractivity contribution in [2.75, 3.05) is 7.11 Å². The Hall–Kier alpha value is -0.940. The zero-order chi connectivity index (χ0) is 9.14. The fourth-order valence-electron chi connectivity index (χ4n) is 1.11. The second kappa shape index (κ2) is 3.64. The average molecular weight is 225 g/mol.